The molecule has 5 heteroatoms. The molecule has 16 heavy (non-hydrogen) atoms. The van der Waals surface area contributed by atoms with Gasteiger partial charge in [0.2, 0.25) is 5.95 Å². The standard InChI is InChI=1S/C11H19FN4/c1-4-7-16(6-3)10-9(12)8-14-11(15-10)13-5-2/h8H,4-7H2,1-3H3,(H,13,14,15). The van der Waals surface area contributed by atoms with Crippen LogP contribution in [0.15, 0.2) is 6.20 Å². The van der Waals surface area contributed by atoms with Crippen LogP contribution in [0.1, 0.15) is 27.2 Å². The minimum absolute atomic E-state index is 0.364. The number of aromatic nitrogens is 2. The Kier molecular flexibility index (Phi) is 4.95. The molecule has 0 aromatic carbocycles. The van der Waals surface area contributed by atoms with Gasteiger partial charge in [-0.1, -0.05) is 6.92 Å². The van der Waals surface area contributed by atoms with Crippen LogP contribution >= 0.6 is 0 Å². The average Bonchev–Trinajstić information content (AvgIpc) is 2.29. The molecule has 1 N–H and O–H groups in total. The lowest BCUT2D eigenvalue weighted by Gasteiger charge is -2.21. The van der Waals surface area contributed by atoms with Crippen LogP contribution in [0, 0.1) is 5.82 Å². The number of nitrogens with one attached hydrogen (secondary N) is 1. The summed E-state index contributed by atoms with van der Waals surface area (Å²) in [6.45, 7) is 8.28. The first-order valence-electron chi connectivity index (χ1n) is 5.74. The SMILES string of the molecule is CCCN(CC)c1nc(NCC)ncc1F. The summed E-state index contributed by atoms with van der Waals surface area (Å²) in [5.41, 5.74) is 0. The number of nitrogens with zero attached hydrogens (tertiary/aromatic N) is 3. The van der Waals surface area contributed by atoms with Crippen molar-refractivity contribution < 1.29 is 4.39 Å². The van der Waals surface area contributed by atoms with Crippen LogP contribution in [0.4, 0.5) is 16.2 Å². The van der Waals surface area contributed by atoms with Gasteiger partial charge in [0.1, 0.15) is 0 Å². The van der Waals surface area contributed by atoms with Crippen molar-refractivity contribution in [3.63, 3.8) is 0 Å². The zero-order valence-electron chi connectivity index (χ0n) is 10.1. The number of rotatable bonds is 6. The lowest BCUT2D eigenvalue weighted by atomic mass is 10.4. The van der Waals surface area contributed by atoms with Crippen molar-refractivity contribution in [2.24, 2.45) is 0 Å². The summed E-state index contributed by atoms with van der Waals surface area (Å²) in [6, 6.07) is 0. The lowest BCUT2D eigenvalue weighted by molar-refractivity contribution is 0.602. The molecule has 0 saturated carbocycles. The number of anilines is 2. The van der Waals surface area contributed by atoms with Crippen LogP contribution in [-0.4, -0.2) is 29.6 Å². The molecule has 0 amide bonds. The van der Waals surface area contributed by atoms with Crippen LogP contribution in [-0.2, 0) is 0 Å². The van der Waals surface area contributed by atoms with Crippen molar-refractivity contribution in [1.29, 1.82) is 0 Å². The molecule has 1 rings (SSSR count). The molecule has 1 aromatic rings. The number of hydrogen-bond donors (Lipinski definition) is 1. The topological polar surface area (TPSA) is 41.1 Å². The van der Waals surface area contributed by atoms with E-state index in [-0.39, 0.29) is 5.82 Å². The largest absolute Gasteiger partial charge is 0.354 e. The minimum atomic E-state index is -0.364. The van der Waals surface area contributed by atoms with E-state index in [9.17, 15) is 4.39 Å². The third-order valence-electron chi connectivity index (χ3n) is 2.24. The van der Waals surface area contributed by atoms with E-state index in [1.165, 1.54) is 6.20 Å². The highest BCUT2D eigenvalue weighted by molar-refractivity contribution is 5.43. The second kappa shape index (κ2) is 6.25. The van der Waals surface area contributed by atoms with Gasteiger partial charge in [-0.05, 0) is 20.3 Å². The Balaban J connectivity index is 2.94. The van der Waals surface area contributed by atoms with Crippen molar-refractivity contribution in [1.82, 2.24) is 9.97 Å². The molecule has 0 unspecified atom stereocenters. The second-order valence-corrected chi connectivity index (χ2v) is 3.48. The van der Waals surface area contributed by atoms with Crippen molar-refractivity contribution >= 4 is 11.8 Å². The molecule has 1 aromatic heterocycles. The van der Waals surface area contributed by atoms with Gasteiger partial charge >= 0.3 is 0 Å². The maximum atomic E-state index is 13.6. The molecule has 4 nitrogen and oxygen atoms in total. The monoisotopic (exact) mass is 226 g/mol. The molecular formula is C11H19FN4. The Labute approximate surface area is 95.9 Å². The summed E-state index contributed by atoms with van der Waals surface area (Å²) in [7, 11) is 0. The van der Waals surface area contributed by atoms with E-state index >= 15 is 0 Å². The van der Waals surface area contributed by atoms with Crippen molar-refractivity contribution in [3.8, 4) is 0 Å². The maximum absolute atomic E-state index is 13.6. The van der Waals surface area contributed by atoms with Crippen molar-refractivity contribution in [2.75, 3.05) is 29.9 Å². The molecule has 0 aliphatic heterocycles. The molecule has 0 saturated heterocycles. The molecule has 0 atom stereocenters. The predicted octanol–water partition coefficient (Wildman–Crippen LogP) is 2.28. The fourth-order valence-electron chi connectivity index (χ4n) is 1.51. The average molecular weight is 226 g/mol. The van der Waals surface area contributed by atoms with E-state index in [1.807, 2.05) is 18.7 Å². The maximum Gasteiger partial charge on any atom is 0.224 e. The fraction of sp³-hybridized carbons (Fsp3) is 0.636. The van der Waals surface area contributed by atoms with Gasteiger partial charge in [-0.2, -0.15) is 4.98 Å². The van der Waals surface area contributed by atoms with E-state index in [4.69, 9.17) is 0 Å². The second-order valence-electron chi connectivity index (χ2n) is 3.48. The normalized spacial score (nSPS) is 10.2. The highest BCUT2D eigenvalue weighted by Crippen LogP contribution is 2.17. The Bertz CT molecular complexity index is 330. The van der Waals surface area contributed by atoms with Gasteiger partial charge in [0.15, 0.2) is 11.6 Å². The van der Waals surface area contributed by atoms with E-state index in [0.29, 0.717) is 11.8 Å². The summed E-state index contributed by atoms with van der Waals surface area (Å²) in [6.07, 6.45) is 2.19. The van der Waals surface area contributed by atoms with Gasteiger partial charge < -0.3 is 10.2 Å². The van der Waals surface area contributed by atoms with Crippen LogP contribution in [0.5, 0.6) is 0 Å². The third kappa shape index (κ3) is 3.05. The molecule has 90 valence electrons. The molecule has 0 bridgehead atoms. The summed E-state index contributed by atoms with van der Waals surface area (Å²) in [4.78, 5) is 9.98. The molecule has 0 fully saturated rings. The zero-order chi connectivity index (χ0) is 12.0. The van der Waals surface area contributed by atoms with E-state index < -0.39 is 0 Å². The molecule has 1 heterocycles. The predicted molar refractivity (Wildman–Crippen MR) is 64.3 cm³/mol. The van der Waals surface area contributed by atoms with Crippen LogP contribution in [0.25, 0.3) is 0 Å². The lowest BCUT2D eigenvalue weighted by Crippen LogP contribution is -2.26. The molecule has 0 radical (unpaired) electrons. The quantitative estimate of drug-likeness (QED) is 0.808. The summed E-state index contributed by atoms with van der Waals surface area (Å²) in [5, 5.41) is 2.98. The first kappa shape index (κ1) is 12.7. The third-order valence-corrected chi connectivity index (χ3v) is 2.24. The van der Waals surface area contributed by atoms with Gasteiger partial charge in [-0.3, -0.25) is 0 Å². The van der Waals surface area contributed by atoms with E-state index in [1.54, 1.807) is 0 Å². The smallest absolute Gasteiger partial charge is 0.224 e. The van der Waals surface area contributed by atoms with Gasteiger partial charge in [0.25, 0.3) is 0 Å². The molecule has 0 aliphatic rings. The highest BCUT2D eigenvalue weighted by atomic mass is 19.1. The molecule has 0 spiro atoms. The Morgan fingerprint density at radius 2 is 2.12 bits per heavy atom. The Morgan fingerprint density at radius 3 is 2.69 bits per heavy atom. The van der Waals surface area contributed by atoms with Gasteiger partial charge in [-0.15, -0.1) is 0 Å². The van der Waals surface area contributed by atoms with Crippen LogP contribution in [0.2, 0.25) is 0 Å². The van der Waals surface area contributed by atoms with Crippen molar-refractivity contribution in [2.45, 2.75) is 27.2 Å². The zero-order valence-corrected chi connectivity index (χ0v) is 10.1. The van der Waals surface area contributed by atoms with Crippen LogP contribution < -0.4 is 10.2 Å². The summed E-state index contributed by atoms with van der Waals surface area (Å²) < 4.78 is 13.6. The number of hydrogen-bond acceptors (Lipinski definition) is 4. The first-order valence-corrected chi connectivity index (χ1v) is 5.74. The van der Waals surface area contributed by atoms with E-state index in [2.05, 4.69) is 22.2 Å². The van der Waals surface area contributed by atoms with Gasteiger partial charge in [-0.25, -0.2) is 9.37 Å². The Morgan fingerprint density at radius 1 is 1.38 bits per heavy atom. The van der Waals surface area contributed by atoms with E-state index in [0.717, 1.165) is 26.1 Å². The van der Waals surface area contributed by atoms with Crippen LogP contribution in [0.3, 0.4) is 0 Å². The summed E-state index contributed by atoms with van der Waals surface area (Å²) >= 11 is 0. The van der Waals surface area contributed by atoms with Gasteiger partial charge in [0.05, 0.1) is 6.20 Å². The Hall–Kier alpha value is -1.39. The first-order chi connectivity index (χ1) is 7.72. The highest BCUT2D eigenvalue weighted by Gasteiger charge is 2.12. The van der Waals surface area contributed by atoms with Gasteiger partial charge in [0, 0.05) is 19.6 Å². The fourth-order valence-corrected chi connectivity index (χ4v) is 1.51. The molecule has 0 aliphatic carbocycles. The minimum Gasteiger partial charge on any atom is -0.354 e. The summed E-state index contributed by atoms with van der Waals surface area (Å²) in [5.74, 6) is 0.501. The number of halogens is 1. The molecular weight excluding hydrogens is 207 g/mol. The van der Waals surface area contributed by atoms with Crippen molar-refractivity contribution in [3.05, 3.63) is 12.0 Å².